The molecule has 0 aliphatic rings. The Kier molecular flexibility index (Phi) is 4.50. The van der Waals surface area contributed by atoms with Crippen LogP contribution < -0.4 is 0 Å². The molecule has 0 N–H and O–H groups in total. The lowest BCUT2D eigenvalue weighted by molar-refractivity contribution is 0.0486. The van der Waals surface area contributed by atoms with Gasteiger partial charge in [-0.05, 0) is 29.0 Å². The predicted molar refractivity (Wildman–Crippen MR) is 76.4 cm³/mol. The van der Waals surface area contributed by atoms with Gasteiger partial charge in [-0.25, -0.2) is 0 Å². The third-order valence-electron chi connectivity index (χ3n) is 6.15. The third-order valence-corrected chi connectivity index (χ3v) is 10.8. The van der Waals surface area contributed by atoms with Gasteiger partial charge >= 0.3 is 0 Å². The standard InChI is InChI=1S/C14H32OSi/c1-11-12(2,3)13(4,5)14(6,7)16(9,10)15-8/h11H2,1-10H3. The Morgan fingerprint density at radius 2 is 1.31 bits per heavy atom. The molecule has 0 rings (SSSR count). The Labute approximate surface area is 104 Å². The van der Waals surface area contributed by atoms with Gasteiger partial charge in [0, 0.05) is 7.11 Å². The lowest BCUT2D eigenvalue weighted by Crippen LogP contribution is -2.54. The average molecular weight is 244 g/mol. The second-order valence-electron chi connectivity index (χ2n) is 7.20. The van der Waals surface area contributed by atoms with Gasteiger partial charge in [0.05, 0.1) is 0 Å². The van der Waals surface area contributed by atoms with Crippen LogP contribution in [0.3, 0.4) is 0 Å². The van der Waals surface area contributed by atoms with Crippen LogP contribution >= 0.6 is 0 Å². The van der Waals surface area contributed by atoms with Crippen molar-refractivity contribution in [2.75, 3.05) is 7.11 Å². The van der Waals surface area contributed by atoms with Crippen molar-refractivity contribution in [1.29, 1.82) is 0 Å². The summed E-state index contributed by atoms with van der Waals surface area (Å²) in [5.74, 6) is 0. The molecule has 16 heavy (non-hydrogen) atoms. The highest BCUT2D eigenvalue weighted by atomic mass is 28.4. The predicted octanol–water partition coefficient (Wildman–Crippen LogP) is 5.08. The van der Waals surface area contributed by atoms with Crippen molar-refractivity contribution in [2.45, 2.75) is 73.0 Å². The Hall–Kier alpha value is 0.177. The van der Waals surface area contributed by atoms with E-state index in [-0.39, 0.29) is 10.5 Å². The first-order chi connectivity index (χ1) is 6.87. The lowest BCUT2D eigenvalue weighted by atomic mass is 9.60. The van der Waals surface area contributed by atoms with Crippen LogP contribution in [0.5, 0.6) is 0 Å². The van der Waals surface area contributed by atoms with E-state index in [0.717, 1.165) is 0 Å². The largest absolute Gasteiger partial charge is 0.420 e. The van der Waals surface area contributed by atoms with Crippen molar-refractivity contribution in [3.05, 3.63) is 0 Å². The summed E-state index contributed by atoms with van der Waals surface area (Å²) in [6.07, 6.45) is 1.21. The summed E-state index contributed by atoms with van der Waals surface area (Å²) in [4.78, 5) is 0. The van der Waals surface area contributed by atoms with E-state index in [0.29, 0.717) is 5.41 Å². The van der Waals surface area contributed by atoms with Gasteiger partial charge in [0.1, 0.15) is 0 Å². The van der Waals surface area contributed by atoms with E-state index in [1.165, 1.54) is 6.42 Å². The van der Waals surface area contributed by atoms with Gasteiger partial charge in [0.25, 0.3) is 0 Å². The molecule has 1 nitrogen and oxygen atoms in total. The normalized spacial score (nSPS) is 15.4. The highest BCUT2D eigenvalue weighted by Gasteiger charge is 2.55. The van der Waals surface area contributed by atoms with Gasteiger partial charge in [-0.3, -0.25) is 0 Å². The molecule has 0 aliphatic heterocycles. The molecule has 0 bridgehead atoms. The van der Waals surface area contributed by atoms with Gasteiger partial charge in [0.2, 0.25) is 0 Å². The summed E-state index contributed by atoms with van der Waals surface area (Å²) in [5, 5.41) is 0.244. The van der Waals surface area contributed by atoms with Crippen LogP contribution in [0.4, 0.5) is 0 Å². The van der Waals surface area contributed by atoms with Crippen LogP contribution in [0, 0.1) is 10.8 Å². The molecule has 0 radical (unpaired) electrons. The fourth-order valence-corrected chi connectivity index (χ4v) is 4.65. The third kappa shape index (κ3) is 2.24. The van der Waals surface area contributed by atoms with E-state index in [9.17, 15) is 0 Å². The molecular formula is C14H32OSi. The van der Waals surface area contributed by atoms with Crippen LogP contribution in [0.2, 0.25) is 18.1 Å². The second-order valence-corrected chi connectivity index (χ2v) is 11.9. The topological polar surface area (TPSA) is 9.23 Å². The number of hydrogen-bond donors (Lipinski definition) is 0. The van der Waals surface area contributed by atoms with Crippen LogP contribution in [0.15, 0.2) is 0 Å². The average Bonchev–Trinajstić information content (AvgIpc) is 2.16. The molecule has 0 saturated carbocycles. The number of rotatable bonds is 5. The van der Waals surface area contributed by atoms with Crippen LogP contribution in [0.25, 0.3) is 0 Å². The summed E-state index contributed by atoms with van der Waals surface area (Å²) < 4.78 is 5.87. The molecule has 0 aromatic carbocycles. The fraction of sp³-hybridized carbons (Fsp3) is 1.00. The Balaban J connectivity index is 5.46. The van der Waals surface area contributed by atoms with Gasteiger partial charge < -0.3 is 4.43 Å². The van der Waals surface area contributed by atoms with Crippen molar-refractivity contribution in [3.8, 4) is 0 Å². The smallest absolute Gasteiger partial charge is 0.192 e. The van der Waals surface area contributed by atoms with Crippen molar-refractivity contribution in [1.82, 2.24) is 0 Å². The molecule has 0 unspecified atom stereocenters. The SMILES string of the molecule is CCC(C)(C)C(C)(C)C(C)(C)[Si](C)(C)OC. The molecule has 0 aliphatic carbocycles. The molecule has 0 spiro atoms. The second kappa shape index (κ2) is 4.45. The maximum Gasteiger partial charge on any atom is 0.192 e. The van der Waals surface area contributed by atoms with Gasteiger partial charge in [-0.2, -0.15) is 0 Å². The maximum atomic E-state index is 5.87. The maximum absolute atomic E-state index is 5.87. The van der Waals surface area contributed by atoms with Crippen molar-refractivity contribution in [3.63, 3.8) is 0 Å². The Morgan fingerprint density at radius 3 is 1.56 bits per heavy atom. The molecule has 0 saturated heterocycles. The molecule has 2 heteroatoms. The van der Waals surface area contributed by atoms with Crippen LogP contribution in [-0.2, 0) is 4.43 Å². The molecule has 98 valence electrons. The summed E-state index contributed by atoms with van der Waals surface area (Å²) in [7, 11) is 0.212. The Bertz CT molecular complexity index is 213. The molecule has 0 aromatic rings. The zero-order valence-electron chi connectivity index (χ0n) is 13.1. The van der Waals surface area contributed by atoms with Crippen molar-refractivity contribution < 1.29 is 4.43 Å². The number of hydrogen-bond acceptors (Lipinski definition) is 1. The summed E-state index contributed by atoms with van der Waals surface area (Å²) >= 11 is 0. The fourth-order valence-electron chi connectivity index (χ4n) is 2.30. The van der Waals surface area contributed by atoms with Crippen molar-refractivity contribution >= 4 is 8.32 Å². The van der Waals surface area contributed by atoms with Crippen LogP contribution in [-0.4, -0.2) is 15.4 Å². The summed E-state index contributed by atoms with van der Waals surface area (Å²) in [5.41, 5.74) is 0.597. The minimum Gasteiger partial charge on any atom is -0.420 e. The van der Waals surface area contributed by atoms with E-state index < -0.39 is 8.32 Å². The first kappa shape index (κ1) is 16.2. The minimum absolute atomic E-state index is 0.244. The van der Waals surface area contributed by atoms with E-state index in [1.54, 1.807) is 0 Å². The quantitative estimate of drug-likeness (QED) is 0.613. The van der Waals surface area contributed by atoms with E-state index in [4.69, 9.17) is 4.43 Å². The van der Waals surface area contributed by atoms with E-state index in [2.05, 4.69) is 61.6 Å². The molecule has 0 atom stereocenters. The van der Waals surface area contributed by atoms with E-state index >= 15 is 0 Å². The van der Waals surface area contributed by atoms with Crippen LogP contribution in [0.1, 0.15) is 54.9 Å². The highest BCUT2D eigenvalue weighted by molar-refractivity contribution is 6.74. The van der Waals surface area contributed by atoms with Gasteiger partial charge in [-0.1, -0.05) is 54.9 Å². The molecule has 0 heterocycles. The highest BCUT2D eigenvalue weighted by Crippen LogP contribution is 2.61. The van der Waals surface area contributed by atoms with Gasteiger partial charge in [0.15, 0.2) is 8.32 Å². The molecule has 0 amide bonds. The molecule has 0 fully saturated rings. The zero-order chi connectivity index (χ0) is 13.4. The minimum atomic E-state index is -1.67. The molecular weight excluding hydrogens is 212 g/mol. The summed E-state index contributed by atoms with van der Waals surface area (Å²) in [6, 6.07) is 0. The lowest BCUT2D eigenvalue weighted by Gasteiger charge is -2.57. The molecule has 0 aromatic heterocycles. The van der Waals surface area contributed by atoms with Gasteiger partial charge in [-0.15, -0.1) is 0 Å². The monoisotopic (exact) mass is 244 g/mol. The van der Waals surface area contributed by atoms with Crippen molar-refractivity contribution in [2.24, 2.45) is 10.8 Å². The first-order valence-corrected chi connectivity index (χ1v) is 9.33. The zero-order valence-corrected chi connectivity index (χ0v) is 14.1. The first-order valence-electron chi connectivity index (χ1n) is 6.42. The summed E-state index contributed by atoms with van der Waals surface area (Å²) in [6.45, 7) is 21.3. The Morgan fingerprint density at radius 1 is 0.938 bits per heavy atom. The van der Waals surface area contributed by atoms with E-state index in [1.807, 2.05) is 7.11 Å².